The summed E-state index contributed by atoms with van der Waals surface area (Å²) >= 11 is 7.20. The van der Waals surface area contributed by atoms with Gasteiger partial charge in [0.2, 0.25) is 0 Å². The molecule has 0 radical (unpaired) electrons. The minimum absolute atomic E-state index is 1.08. The predicted octanol–water partition coefficient (Wildman–Crippen LogP) is 11.0. The molecule has 0 atom stereocenters. The fourth-order valence-corrected chi connectivity index (χ4v) is 8.14. The summed E-state index contributed by atoms with van der Waals surface area (Å²) in [4.78, 5) is 0. The third-order valence-electron chi connectivity index (χ3n) is 6.80. The Bertz CT molecular complexity index is 540. The average molecular weight is 469 g/mol. The predicted molar refractivity (Wildman–Crippen MR) is 149 cm³/mol. The van der Waals surface area contributed by atoms with E-state index in [-0.39, 0.29) is 0 Å². The molecular weight excluding hydrogens is 415 g/mol. The third-order valence-corrected chi connectivity index (χ3v) is 10.7. The van der Waals surface area contributed by atoms with E-state index in [0.717, 1.165) is 12.6 Å². The summed E-state index contributed by atoms with van der Waals surface area (Å²) in [7, 11) is 0. The van der Waals surface area contributed by atoms with Crippen LogP contribution in [0.2, 0.25) is 0 Å². The van der Waals surface area contributed by atoms with E-state index in [0.29, 0.717) is 0 Å². The normalized spacial score (nSPS) is 13.3. The molecule has 0 nitrogen and oxygen atoms in total. The fourth-order valence-electron chi connectivity index (χ4n) is 4.67. The monoisotopic (exact) mass is 468 g/mol. The molecule has 0 saturated carbocycles. The standard InChI is InChI=1S/C29H54ClP/c1-5-7-8-9-10-11-12-13-14-15-16-17-18-19-20-21-26-31(3,4,30)27-29-24-22-28(6-2)23-25-29/h22-25H,5-21,26-27H2,1-4H3. The molecule has 0 spiro atoms. The summed E-state index contributed by atoms with van der Waals surface area (Å²) < 4.78 is 0. The van der Waals surface area contributed by atoms with E-state index in [1.165, 1.54) is 120 Å². The van der Waals surface area contributed by atoms with Crippen LogP contribution in [0, 0.1) is 0 Å². The first-order chi connectivity index (χ1) is 14.8. The first-order valence-corrected chi connectivity index (χ1v) is 18.0. The SMILES string of the molecule is CCCCCCCCCCCCCCCCCCP(C)(C)(Cl)Cc1ccc(CC)cc1. The molecule has 0 aliphatic rings. The van der Waals surface area contributed by atoms with Crippen molar-refractivity contribution in [1.29, 1.82) is 0 Å². The molecule has 1 aromatic carbocycles. The van der Waals surface area contributed by atoms with Gasteiger partial charge in [-0.15, -0.1) is 0 Å². The number of rotatable bonds is 20. The second-order valence-corrected chi connectivity index (χ2v) is 20.1. The summed E-state index contributed by atoms with van der Waals surface area (Å²) in [6.45, 7) is 9.25. The van der Waals surface area contributed by atoms with Crippen LogP contribution in [0.5, 0.6) is 0 Å². The van der Waals surface area contributed by atoms with Gasteiger partial charge in [-0.2, -0.15) is 0 Å². The zero-order chi connectivity index (χ0) is 22.9. The van der Waals surface area contributed by atoms with Gasteiger partial charge < -0.3 is 0 Å². The number of hydrogen-bond acceptors (Lipinski definition) is 0. The number of hydrogen-bond donors (Lipinski definition) is 0. The Balaban J connectivity index is 1.97. The van der Waals surface area contributed by atoms with Crippen LogP contribution < -0.4 is 0 Å². The molecule has 0 aliphatic heterocycles. The summed E-state index contributed by atoms with van der Waals surface area (Å²) in [5.74, 6) is -2.08. The van der Waals surface area contributed by atoms with Crippen LogP contribution in [-0.2, 0) is 12.6 Å². The van der Waals surface area contributed by atoms with E-state index >= 15 is 0 Å². The summed E-state index contributed by atoms with van der Waals surface area (Å²) in [5.41, 5.74) is 2.84. The van der Waals surface area contributed by atoms with Crippen molar-refractivity contribution in [3.8, 4) is 0 Å². The molecule has 0 heterocycles. The van der Waals surface area contributed by atoms with Crippen molar-refractivity contribution >= 4 is 17.2 Å². The van der Waals surface area contributed by atoms with Gasteiger partial charge in [0.1, 0.15) is 0 Å². The van der Waals surface area contributed by atoms with Crippen molar-refractivity contribution in [2.45, 2.75) is 129 Å². The molecule has 31 heavy (non-hydrogen) atoms. The van der Waals surface area contributed by atoms with Crippen molar-refractivity contribution < 1.29 is 0 Å². The van der Waals surface area contributed by atoms with Gasteiger partial charge in [-0.25, -0.2) is 0 Å². The van der Waals surface area contributed by atoms with Crippen molar-refractivity contribution in [2.24, 2.45) is 0 Å². The van der Waals surface area contributed by atoms with Gasteiger partial charge in [-0.05, 0) is 0 Å². The Hall–Kier alpha value is -0.0600. The van der Waals surface area contributed by atoms with Gasteiger partial charge in [0.15, 0.2) is 0 Å². The van der Waals surface area contributed by atoms with Crippen LogP contribution in [0.4, 0.5) is 0 Å². The van der Waals surface area contributed by atoms with Crippen LogP contribution in [0.25, 0.3) is 0 Å². The van der Waals surface area contributed by atoms with Gasteiger partial charge in [0.25, 0.3) is 0 Å². The Morgan fingerprint density at radius 1 is 0.548 bits per heavy atom. The quantitative estimate of drug-likeness (QED) is 0.132. The van der Waals surface area contributed by atoms with E-state index in [4.69, 9.17) is 11.2 Å². The Morgan fingerprint density at radius 2 is 0.903 bits per heavy atom. The molecule has 1 aromatic rings. The zero-order valence-corrected chi connectivity index (χ0v) is 23.2. The van der Waals surface area contributed by atoms with E-state index in [1.807, 2.05) is 0 Å². The first-order valence-electron chi connectivity index (χ1n) is 13.6. The first kappa shape index (κ1) is 29.0. The average Bonchev–Trinajstić information content (AvgIpc) is 2.73. The molecule has 0 N–H and O–H groups in total. The fraction of sp³-hybridized carbons (Fsp3) is 0.793. The van der Waals surface area contributed by atoms with E-state index < -0.39 is 5.96 Å². The molecular formula is C29H54ClP. The second kappa shape index (κ2) is 16.5. The van der Waals surface area contributed by atoms with Crippen LogP contribution in [0.15, 0.2) is 24.3 Å². The molecule has 0 aromatic heterocycles. The number of aryl methyl sites for hydroxylation is 1. The number of halogens is 1. The van der Waals surface area contributed by atoms with Gasteiger partial charge in [0.05, 0.1) is 0 Å². The molecule has 0 fully saturated rings. The van der Waals surface area contributed by atoms with E-state index in [2.05, 4.69) is 51.4 Å². The van der Waals surface area contributed by atoms with E-state index in [1.54, 1.807) is 0 Å². The van der Waals surface area contributed by atoms with Crippen LogP contribution in [0.3, 0.4) is 0 Å². The molecule has 0 saturated heterocycles. The van der Waals surface area contributed by atoms with Gasteiger partial charge >= 0.3 is 162 Å². The Morgan fingerprint density at radius 3 is 1.29 bits per heavy atom. The Labute approximate surface area is 201 Å². The molecule has 2 heteroatoms. The zero-order valence-electron chi connectivity index (χ0n) is 21.6. The minimum atomic E-state index is -2.08. The van der Waals surface area contributed by atoms with Gasteiger partial charge in [-0.1, -0.05) is 39.0 Å². The second-order valence-electron chi connectivity index (χ2n) is 10.9. The van der Waals surface area contributed by atoms with Crippen LogP contribution in [-0.4, -0.2) is 19.5 Å². The molecule has 0 aliphatic carbocycles. The van der Waals surface area contributed by atoms with Crippen molar-refractivity contribution in [3.05, 3.63) is 35.4 Å². The Kier molecular flexibility index (Phi) is 15.5. The maximum atomic E-state index is 7.20. The number of benzene rings is 1. The maximum absolute atomic E-state index is 7.20. The van der Waals surface area contributed by atoms with Crippen LogP contribution in [0.1, 0.15) is 128 Å². The van der Waals surface area contributed by atoms with E-state index in [9.17, 15) is 0 Å². The summed E-state index contributed by atoms with van der Waals surface area (Å²) in [6, 6.07) is 9.13. The van der Waals surface area contributed by atoms with Crippen molar-refractivity contribution in [2.75, 3.05) is 19.5 Å². The van der Waals surface area contributed by atoms with Crippen LogP contribution >= 0.6 is 17.2 Å². The topological polar surface area (TPSA) is 0 Å². The molecule has 0 amide bonds. The molecule has 0 unspecified atom stereocenters. The van der Waals surface area contributed by atoms with Gasteiger partial charge in [-0.3, -0.25) is 0 Å². The molecule has 1 rings (SSSR count). The molecule has 0 bridgehead atoms. The number of unbranched alkanes of at least 4 members (excludes halogenated alkanes) is 15. The molecule has 182 valence electrons. The third kappa shape index (κ3) is 16.2. The van der Waals surface area contributed by atoms with Crippen molar-refractivity contribution in [3.63, 3.8) is 0 Å². The van der Waals surface area contributed by atoms with Crippen molar-refractivity contribution in [1.82, 2.24) is 0 Å². The summed E-state index contributed by atoms with van der Waals surface area (Å²) in [5, 5.41) is 0. The summed E-state index contributed by atoms with van der Waals surface area (Å²) in [6.07, 6.45) is 26.3. The van der Waals surface area contributed by atoms with Gasteiger partial charge in [0, 0.05) is 0 Å².